The van der Waals surface area contributed by atoms with Gasteiger partial charge in [-0.1, -0.05) is 11.6 Å². The lowest BCUT2D eigenvalue weighted by Gasteiger charge is -2.06. The average Bonchev–Trinajstić information content (AvgIpc) is 2.19. The van der Waals surface area contributed by atoms with Crippen LogP contribution in [0.5, 0.6) is 5.75 Å². The Labute approximate surface area is 96.6 Å². The van der Waals surface area contributed by atoms with Crippen molar-refractivity contribution in [1.82, 2.24) is 0 Å². The zero-order chi connectivity index (χ0) is 12.1. The van der Waals surface area contributed by atoms with Crippen molar-refractivity contribution in [3.8, 4) is 5.75 Å². The standard InChI is InChI=1S/C9H10ClN3O3/c10-6-1-2-8(7(5-6)13(14)15)16-4-3-9(11)12/h1-2,5H,3-4H2,(H3,11,12). The predicted octanol–water partition coefficient (Wildman–Crippen LogP) is 1.95. The first-order valence-corrected chi connectivity index (χ1v) is 4.78. The van der Waals surface area contributed by atoms with Crippen LogP contribution in [0.4, 0.5) is 5.69 Å². The van der Waals surface area contributed by atoms with Crippen LogP contribution in [0.3, 0.4) is 0 Å². The molecule has 0 bridgehead atoms. The Hall–Kier alpha value is -1.82. The second-order valence-electron chi connectivity index (χ2n) is 2.99. The first-order chi connectivity index (χ1) is 7.50. The van der Waals surface area contributed by atoms with Crippen LogP contribution in [0.15, 0.2) is 18.2 Å². The van der Waals surface area contributed by atoms with Crippen molar-refractivity contribution in [3.63, 3.8) is 0 Å². The van der Waals surface area contributed by atoms with Gasteiger partial charge in [0, 0.05) is 17.5 Å². The summed E-state index contributed by atoms with van der Waals surface area (Å²) in [5, 5.41) is 17.9. The van der Waals surface area contributed by atoms with Crippen molar-refractivity contribution >= 4 is 23.1 Å². The van der Waals surface area contributed by atoms with Gasteiger partial charge in [0.2, 0.25) is 0 Å². The van der Waals surface area contributed by atoms with Gasteiger partial charge >= 0.3 is 5.69 Å². The molecule has 0 aliphatic heterocycles. The minimum absolute atomic E-state index is 0.0309. The van der Waals surface area contributed by atoms with Gasteiger partial charge in [-0.3, -0.25) is 15.5 Å². The minimum Gasteiger partial charge on any atom is -0.486 e. The molecule has 0 heterocycles. The van der Waals surface area contributed by atoms with E-state index in [4.69, 9.17) is 27.5 Å². The quantitative estimate of drug-likeness (QED) is 0.357. The number of nitrogens with two attached hydrogens (primary N) is 1. The Morgan fingerprint density at radius 1 is 1.62 bits per heavy atom. The molecule has 0 saturated heterocycles. The van der Waals surface area contributed by atoms with Crippen molar-refractivity contribution in [3.05, 3.63) is 33.3 Å². The normalized spacial score (nSPS) is 9.81. The predicted molar refractivity (Wildman–Crippen MR) is 60.1 cm³/mol. The summed E-state index contributed by atoms with van der Waals surface area (Å²) in [4.78, 5) is 10.1. The summed E-state index contributed by atoms with van der Waals surface area (Å²) < 4.78 is 5.14. The lowest BCUT2D eigenvalue weighted by atomic mass is 10.3. The van der Waals surface area contributed by atoms with Crippen LogP contribution in [-0.2, 0) is 0 Å². The number of rotatable bonds is 5. The second kappa shape index (κ2) is 5.32. The topological polar surface area (TPSA) is 102 Å². The molecule has 3 N–H and O–H groups in total. The van der Waals surface area contributed by atoms with Gasteiger partial charge in [0.15, 0.2) is 5.75 Å². The summed E-state index contributed by atoms with van der Waals surface area (Å²) in [6.07, 6.45) is 0.222. The lowest BCUT2D eigenvalue weighted by Crippen LogP contribution is -2.14. The number of hydrogen-bond donors (Lipinski definition) is 2. The molecule has 0 aliphatic carbocycles. The maximum absolute atomic E-state index is 10.7. The lowest BCUT2D eigenvalue weighted by molar-refractivity contribution is -0.385. The second-order valence-corrected chi connectivity index (χ2v) is 3.43. The van der Waals surface area contributed by atoms with Crippen LogP contribution in [-0.4, -0.2) is 17.4 Å². The molecule has 0 aliphatic rings. The number of ether oxygens (including phenoxy) is 1. The molecule has 1 aromatic carbocycles. The van der Waals surface area contributed by atoms with Gasteiger partial charge in [-0.2, -0.15) is 0 Å². The van der Waals surface area contributed by atoms with Gasteiger partial charge in [0.25, 0.3) is 0 Å². The van der Waals surface area contributed by atoms with E-state index in [2.05, 4.69) is 0 Å². The molecule has 1 aromatic rings. The monoisotopic (exact) mass is 243 g/mol. The largest absolute Gasteiger partial charge is 0.486 e. The molecular formula is C9H10ClN3O3. The van der Waals surface area contributed by atoms with E-state index in [1.54, 1.807) is 0 Å². The Morgan fingerprint density at radius 2 is 2.31 bits per heavy atom. The fourth-order valence-electron chi connectivity index (χ4n) is 1.03. The third-order valence-corrected chi connectivity index (χ3v) is 1.98. The molecular weight excluding hydrogens is 234 g/mol. The van der Waals surface area contributed by atoms with Gasteiger partial charge in [0.05, 0.1) is 17.4 Å². The number of nitrogens with one attached hydrogen (secondary N) is 1. The molecule has 7 heteroatoms. The molecule has 1 rings (SSSR count). The van der Waals surface area contributed by atoms with E-state index < -0.39 is 4.92 Å². The number of nitro benzene ring substituents is 1. The number of benzene rings is 1. The van der Waals surface area contributed by atoms with Gasteiger partial charge in [-0.25, -0.2) is 0 Å². The van der Waals surface area contributed by atoms with Crippen molar-refractivity contribution in [2.24, 2.45) is 5.73 Å². The van der Waals surface area contributed by atoms with Gasteiger partial charge in [-0.05, 0) is 12.1 Å². The summed E-state index contributed by atoms with van der Waals surface area (Å²) in [5.41, 5.74) is 4.93. The summed E-state index contributed by atoms with van der Waals surface area (Å²) in [6.45, 7) is 0.123. The van der Waals surface area contributed by atoms with Crippen LogP contribution in [0.2, 0.25) is 5.02 Å². The van der Waals surface area contributed by atoms with Crippen LogP contribution in [0.25, 0.3) is 0 Å². The van der Waals surface area contributed by atoms with Crippen LogP contribution >= 0.6 is 11.6 Å². The zero-order valence-electron chi connectivity index (χ0n) is 8.27. The molecule has 0 fully saturated rings. The van der Waals surface area contributed by atoms with Gasteiger partial charge in [0.1, 0.15) is 0 Å². The van der Waals surface area contributed by atoms with Crippen molar-refractivity contribution < 1.29 is 9.66 Å². The van der Waals surface area contributed by atoms with E-state index in [1.165, 1.54) is 18.2 Å². The average molecular weight is 244 g/mol. The highest BCUT2D eigenvalue weighted by atomic mass is 35.5. The molecule has 6 nitrogen and oxygen atoms in total. The van der Waals surface area contributed by atoms with E-state index in [0.717, 1.165) is 0 Å². The summed E-state index contributed by atoms with van der Waals surface area (Å²) in [6, 6.07) is 4.13. The van der Waals surface area contributed by atoms with Gasteiger partial charge < -0.3 is 10.5 Å². The van der Waals surface area contributed by atoms with Gasteiger partial charge in [-0.15, -0.1) is 0 Å². The first kappa shape index (κ1) is 12.3. The summed E-state index contributed by atoms with van der Waals surface area (Å²) in [7, 11) is 0. The number of amidine groups is 1. The Kier molecular flexibility index (Phi) is 4.07. The highest BCUT2D eigenvalue weighted by Crippen LogP contribution is 2.29. The Bertz CT molecular complexity index is 422. The molecule has 0 unspecified atom stereocenters. The third kappa shape index (κ3) is 3.39. The molecule has 0 radical (unpaired) electrons. The molecule has 16 heavy (non-hydrogen) atoms. The molecule has 0 saturated carbocycles. The highest BCUT2D eigenvalue weighted by molar-refractivity contribution is 6.30. The molecule has 0 atom stereocenters. The molecule has 0 amide bonds. The maximum Gasteiger partial charge on any atom is 0.312 e. The van der Waals surface area contributed by atoms with Crippen LogP contribution in [0, 0.1) is 15.5 Å². The Morgan fingerprint density at radius 3 is 2.88 bits per heavy atom. The first-order valence-electron chi connectivity index (χ1n) is 4.40. The fourth-order valence-corrected chi connectivity index (χ4v) is 1.19. The van der Waals surface area contributed by atoms with E-state index >= 15 is 0 Å². The van der Waals surface area contributed by atoms with Crippen molar-refractivity contribution in [2.45, 2.75) is 6.42 Å². The van der Waals surface area contributed by atoms with E-state index in [0.29, 0.717) is 0 Å². The number of halogens is 1. The number of nitrogens with zero attached hydrogens (tertiary/aromatic N) is 1. The smallest absolute Gasteiger partial charge is 0.312 e. The SMILES string of the molecule is N=C(N)CCOc1ccc(Cl)cc1[N+](=O)[O-]. The molecule has 0 spiro atoms. The minimum atomic E-state index is -0.574. The number of nitro groups is 1. The maximum atomic E-state index is 10.7. The number of hydrogen-bond acceptors (Lipinski definition) is 4. The summed E-state index contributed by atoms with van der Waals surface area (Å²) >= 11 is 5.63. The van der Waals surface area contributed by atoms with E-state index in [-0.39, 0.29) is 35.3 Å². The molecule has 0 aromatic heterocycles. The Balaban J connectivity index is 2.78. The molecule has 86 valence electrons. The summed E-state index contributed by atoms with van der Waals surface area (Å²) in [5.74, 6) is 0.0901. The van der Waals surface area contributed by atoms with Crippen molar-refractivity contribution in [2.75, 3.05) is 6.61 Å². The van der Waals surface area contributed by atoms with Crippen LogP contribution < -0.4 is 10.5 Å². The highest BCUT2D eigenvalue weighted by Gasteiger charge is 2.15. The van der Waals surface area contributed by atoms with E-state index in [9.17, 15) is 10.1 Å². The zero-order valence-corrected chi connectivity index (χ0v) is 9.03. The third-order valence-electron chi connectivity index (χ3n) is 1.75. The fraction of sp³-hybridized carbons (Fsp3) is 0.222. The van der Waals surface area contributed by atoms with E-state index in [1.807, 2.05) is 0 Å². The van der Waals surface area contributed by atoms with Crippen LogP contribution in [0.1, 0.15) is 6.42 Å². The van der Waals surface area contributed by atoms with Crippen molar-refractivity contribution in [1.29, 1.82) is 5.41 Å².